The summed E-state index contributed by atoms with van der Waals surface area (Å²) in [4.78, 5) is 16.8. The van der Waals surface area contributed by atoms with E-state index in [0.717, 1.165) is 18.7 Å². The summed E-state index contributed by atoms with van der Waals surface area (Å²) >= 11 is 0. The van der Waals surface area contributed by atoms with Gasteiger partial charge in [0, 0.05) is 31.5 Å². The molecule has 2 heterocycles. The normalized spacial score (nSPS) is 20.1. The molecule has 0 saturated carbocycles. The van der Waals surface area contributed by atoms with Crippen LogP contribution in [0.2, 0.25) is 0 Å². The van der Waals surface area contributed by atoms with Crippen LogP contribution in [0, 0.1) is 0 Å². The van der Waals surface area contributed by atoms with E-state index in [9.17, 15) is 4.79 Å². The first-order valence-corrected chi connectivity index (χ1v) is 6.00. The van der Waals surface area contributed by atoms with Crippen LogP contribution in [0.3, 0.4) is 0 Å². The maximum Gasteiger partial charge on any atom is 0.329 e. The Hall–Kier alpha value is -1.46. The Bertz CT molecular complexity index is 416. The molecule has 1 aromatic rings. The minimum atomic E-state index is -0.921. The van der Waals surface area contributed by atoms with Gasteiger partial charge in [-0.3, -0.25) is 9.88 Å². The maximum absolute atomic E-state index is 10.5. The standard InChI is InChI=1S/C13H18N2O3/c1-10(11-4-3-5-14-6-11)15-8-13(2,9-15)18-7-12(16)17/h3-6,10H,7-9H2,1-2H3,(H,16,17). The van der Waals surface area contributed by atoms with Crippen molar-refractivity contribution >= 4 is 5.97 Å². The molecule has 0 aliphatic carbocycles. The summed E-state index contributed by atoms with van der Waals surface area (Å²) in [6.07, 6.45) is 3.62. The van der Waals surface area contributed by atoms with Gasteiger partial charge < -0.3 is 9.84 Å². The number of ether oxygens (including phenoxy) is 1. The molecule has 0 spiro atoms. The molecular formula is C13H18N2O3. The molecule has 0 bridgehead atoms. The Morgan fingerprint density at radius 1 is 1.67 bits per heavy atom. The molecule has 0 radical (unpaired) electrons. The van der Waals surface area contributed by atoms with Crippen LogP contribution in [0.1, 0.15) is 25.5 Å². The SMILES string of the molecule is CC(c1cccnc1)N1CC(C)(OCC(=O)O)C1. The summed E-state index contributed by atoms with van der Waals surface area (Å²) in [7, 11) is 0. The van der Waals surface area contributed by atoms with E-state index < -0.39 is 5.97 Å². The van der Waals surface area contributed by atoms with E-state index in [1.165, 1.54) is 0 Å². The lowest BCUT2D eigenvalue weighted by Gasteiger charge is -2.50. The van der Waals surface area contributed by atoms with Crippen LogP contribution in [0.4, 0.5) is 0 Å². The topological polar surface area (TPSA) is 62.7 Å². The number of rotatable bonds is 5. The van der Waals surface area contributed by atoms with Gasteiger partial charge in [-0.1, -0.05) is 6.07 Å². The highest BCUT2D eigenvalue weighted by Gasteiger charge is 2.42. The molecule has 1 N–H and O–H groups in total. The first kappa shape index (κ1) is 13.0. The van der Waals surface area contributed by atoms with Gasteiger partial charge in [0.05, 0.1) is 5.60 Å². The number of nitrogens with zero attached hydrogens (tertiary/aromatic N) is 2. The summed E-state index contributed by atoms with van der Waals surface area (Å²) in [5, 5.41) is 8.60. The van der Waals surface area contributed by atoms with Crippen molar-refractivity contribution in [3.8, 4) is 0 Å². The zero-order valence-electron chi connectivity index (χ0n) is 10.7. The molecule has 1 aromatic heterocycles. The molecule has 1 atom stereocenters. The summed E-state index contributed by atoms with van der Waals surface area (Å²) in [6.45, 7) is 5.33. The van der Waals surface area contributed by atoms with Crippen LogP contribution < -0.4 is 0 Å². The average molecular weight is 250 g/mol. The monoisotopic (exact) mass is 250 g/mol. The van der Waals surface area contributed by atoms with Gasteiger partial charge in [-0.25, -0.2) is 4.79 Å². The van der Waals surface area contributed by atoms with Crippen molar-refractivity contribution in [1.29, 1.82) is 0 Å². The average Bonchev–Trinajstić information content (AvgIpc) is 2.33. The van der Waals surface area contributed by atoms with Crippen molar-refractivity contribution in [3.05, 3.63) is 30.1 Å². The first-order chi connectivity index (χ1) is 8.50. The van der Waals surface area contributed by atoms with E-state index in [1.807, 2.05) is 25.3 Å². The van der Waals surface area contributed by atoms with Gasteiger partial charge in [0.1, 0.15) is 6.61 Å². The Morgan fingerprint density at radius 3 is 2.94 bits per heavy atom. The highest BCUT2D eigenvalue weighted by Crippen LogP contribution is 2.32. The van der Waals surface area contributed by atoms with Gasteiger partial charge >= 0.3 is 5.97 Å². The summed E-state index contributed by atoms with van der Waals surface area (Å²) in [5.74, 6) is -0.921. The Kier molecular flexibility index (Phi) is 3.63. The molecule has 18 heavy (non-hydrogen) atoms. The quantitative estimate of drug-likeness (QED) is 0.854. The Balaban J connectivity index is 1.87. The summed E-state index contributed by atoms with van der Waals surface area (Å²) in [6, 6.07) is 4.25. The second-order valence-corrected chi connectivity index (χ2v) is 5.00. The molecule has 98 valence electrons. The molecule has 1 aliphatic rings. The maximum atomic E-state index is 10.5. The minimum Gasteiger partial charge on any atom is -0.480 e. The number of carboxylic acids is 1. The van der Waals surface area contributed by atoms with Crippen LogP contribution in [0.5, 0.6) is 0 Å². The highest BCUT2D eigenvalue weighted by atomic mass is 16.5. The van der Waals surface area contributed by atoms with Crippen molar-refractivity contribution in [2.75, 3.05) is 19.7 Å². The zero-order chi connectivity index (χ0) is 13.2. The molecule has 1 unspecified atom stereocenters. The smallest absolute Gasteiger partial charge is 0.329 e. The number of carboxylic acid groups (broad SMARTS) is 1. The van der Waals surface area contributed by atoms with Crippen LogP contribution in [-0.2, 0) is 9.53 Å². The van der Waals surface area contributed by atoms with E-state index in [-0.39, 0.29) is 18.2 Å². The van der Waals surface area contributed by atoms with Crippen molar-refractivity contribution in [2.45, 2.75) is 25.5 Å². The van der Waals surface area contributed by atoms with Crippen LogP contribution in [-0.4, -0.2) is 46.3 Å². The largest absolute Gasteiger partial charge is 0.480 e. The third-order valence-electron chi connectivity index (χ3n) is 3.33. The molecule has 0 aromatic carbocycles. The number of hydrogen-bond donors (Lipinski definition) is 1. The molecule has 2 rings (SSSR count). The molecule has 5 nitrogen and oxygen atoms in total. The lowest BCUT2D eigenvalue weighted by molar-refractivity contribution is -0.169. The van der Waals surface area contributed by atoms with Gasteiger partial charge in [0.25, 0.3) is 0 Å². The van der Waals surface area contributed by atoms with Gasteiger partial charge in [0.2, 0.25) is 0 Å². The fourth-order valence-corrected chi connectivity index (χ4v) is 2.25. The highest BCUT2D eigenvalue weighted by molar-refractivity contribution is 5.68. The molecule has 5 heteroatoms. The van der Waals surface area contributed by atoms with Gasteiger partial charge in [-0.2, -0.15) is 0 Å². The van der Waals surface area contributed by atoms with Crippen LogP contribution in [0.15, 0.2) is 24.5 Å². The van der Waals surface area contributed by atoms with E-state index in [1.54, 1.807) is 6.20 Å². The van der Waals surface area contributed by atoms with Gasteiger partial charge in [0.15, 0.2) is 0 Å². The second-order valence-electron chi connectivity index (χ2n) is 5.00. The number of aliphatic carboxylic acids is 1. The zero-order valence-corrected chi connectivity index (χ0v) is 10.7. The van der Waals surface area contributed by atoms with Gasteiger partial charge in [-0.15, -0.1) is 0 Å². The fraction of sp³-hybridized carbons (Fsp3) is 0.538. The fourth-order valence-electron chi connectivity index (χ4n) is 2.25. The van der Waals surface area contributed by atoms with E-state index in [2.05, 4.69) is 16.8 Å². The van der Waals surface area contributed by atoms with E-state index in [0.29, 0.717) is 0 Å². The minimum absolute atomic E-state index is 0.231. The number of likely N-dealkylation sites (tertiary alicyclic amines) is 1. The van der Waals surface area contributed by atoms with E-state index >= 15 is 0 Å². The van der Waals surface area contributed by atoms with Crippen molar-refractivity contribution in [1.82, 2.24) is 9.88 Å². The Labute approximate surface area is 106 Å². The van der Waals surface area contributed by atoms with Crippen LogP contribution >= 0.6 is 0 Å². The van der Waals surface area contributed by atoms with Crippen molar-refractivity contribution in [3.63, 3.8) is 0 Å². The van der Waals surface area contributed by atoms with Gasteiger partial charge in [-0.05, 0) is 25.5 Å². The third-order valence-corrected chi connectivity index (χ3v) is 3.33. The predicted molar refractivity (Wildman–Crippen MR) is 66.2 cm³/mol. The lowest BCUT2D eigenvalue weighted by atomic mass is 9.92. The molecular weight excluding hydrogens is 232 g/mol. The summed E-state index contributed by atoms with van der Waals surface area (Å²) < 4.78 is 5.39. The first-order valence-electron chi connectivity index (χ1n) is 6.00. The number of aromatic nitrogens is 1. The van der Waals surface area contributed by atoms with E-state index in [4.69, 9.17) is 9.84 Å². The number of pyridine rings is 1. The number of carbonyl (C=O) groups is 1. The predicted octanol–water partition coefficient (Wildman–Crippen LogP) is 1.32. The van der Waals surface area contributed by atoms with Crippen LogP contribution in [0.25, 0.3) is 0 Å². The molecule has 0 amide bonds. The lowest BCUT2D eigenvalue weighted by Crippen LogP contribution is -2.62. The Morgan fingerprint density at radius 2 is 2.39 bits per heavy atom. The second kappa shape index (κ2) is 5.04. The molecule has 1 fully saturated rings. The van der Waals surface area contributed by atoms with Crippen molar-refractivity contribution < 1.29 is 14.6 Å². The molecule has 1 saturated heterocycles. The summed E-state index contributed by atoms with van der Waals surface area (Å²) in [5.41, 5.74) is 0.826. The third kappa shape index (κ3) is 2.86. The molecule has 1 aliphatic heterocycles. The van der Waals surface area contributed by atoms with Crippen molar-refractivity contribution in [2.24, 2.45) is 0 Å². The number of hydrogen-bond acceptors (Lipinski definition) is 4.